The van der Waals surface area contributed by atoms with Crippen LogP contribution in [0, 0.1) is 0 Å². The molecule has 15 heavy (non-hydrogen) atoms. The van der Waals surface area contributed by atoms with Crippen LogP contribution in [0.25, 0.3) is 0 Å². The third kappa shape index (κ3) is 2.61. The maximum Gasteiger partial charge on any atom is 0.415 e. The monoisotopic (exact) mass is 213 g/mol. The number of ether oxygens (including phenoxy) is 1. The third-order valence-corrected chi connectivity index (χ3v) is 1.88. The minimum absolute atomic E-state index is 0.155. The zero-order valence-electron chi connectivity index (χ0n) is 8.39. The second-order valence-corrected chi connectivity index (χ2v) is 2.93. The highest BCUT2D eigenvalue weighted by atomic mass is 19.1. The van der Waals surface area contributed by atoms with Crippen LogP contribution in [0.1, 0.15) is 6.92 Å². The quantitative estimate of drug-likeness (QED) is 0.404. The molecule has 0 bridgehead atoms. The van der Waals surface area contributed by atoms with Gasteiger partial charge in [0.15, 0.2) is 6.80 Å². The summed E-state index contributed by atoms with van der Waals surface area (Å²) in [7, 11) is 0. The van der Waals surface area contributed by atoms with Crippen LogP contribution in [-0.4, -0.2) is 43.0 Å². The first-order chi connectivity index (χ1) is 7.20. The highest BCUT2D eigenvalue weighted by molar-refractivity contribution is 6.03. The summed E-state index contributed by atoms with van der Waals surface area (Å²) < 4.78 is 16.9. The number of amides is 1. The number of rotatable bonds is 3. The van der Waals surface area contributed by atoms with E-state index in [0.717, 1.165) is 0 Å². The number of carbonyl (C=O) groups excluding carboxylic acids is 1. The number of hydrogen-bond acceptors (Lipinski definition) is 4. The lowest BCUT2D eigenvalue weighted by molar-refractivity contribution is 0.168. The van der Waals surface area contributed by atoms with Gasteiger partial charge in [-0.05, 0) is 19.7 Å². The molecule has 0 aliphatic carbocycles. The number of carbonyl (C=O) groups is 1. The molecule has 1 atom stereocenters. The molecule has 1 amide bonds. The molecule has 5 nitrogen and oxygen atoms in total. The number of nitrogens with zero attached hydrogens (tertiary/aromatic N) is 3. The van der Waals surface area contributed by atoms with Crippen molar-refractivity contribution in [3.8, 4) is 0 Å². The number of aliphatic imine (C=N–C) groups is 2. The maximum atomic E-state index is 12.1. The zero-order valence-corrected chi connectivity index (χ0v) is 8.39. The Bertz CT molecular complexity index is 314. The van der Waals surface area contributed by atoms with Crippen LogP contribution in [-0.2, 0) is 4.74 Å². The fourth-order valence-electron chi connectivity index (χ4n) is 1.23. The Balaban J connectivity index is 2.88. The lowest BCUT2D eigenvalue weighted by atomic mass is 10.3. The fraction of sp³-hybridized carbons (Fsp3) is 0.444. The van der Waals surface area contributed by atoms with Gasteiger partial charge in [-0.25, -0.2) is 14.2 Å². The molecule has 1 fully saturated rings. The lowest BCUT2D eigenvalue weighted by Crippen LogP contribution is -2.36. The normalized spacial score (nSPS) is 22.3. The van der Waals surface area contributed by atoms with Crippen molar-refractivity contribution in [1.29, 1.82) is 0 Å². The first-order valence-electron chi connectivity index (χ1n) is 4.39. The number of alkyl halides is 1. The summed E-state index contributed by atoms with van der Waals surface area (Å²) in [6.07, 6.45) is 2.23. The average Bonchev–Trinajstić information content (AvgIpc) is 2.54. The van der Waals surface area contributed by atoms with Gasteiger partial charge in [0.1, 0.15) is 12.4 Å². The van der Waals surface area contributed by atoms with Gasteiger partial charge < -0.3 is 4.74 Å². The fourth-order valence-corrected chi connectivity index (χ4v) is 1.23. The van der Waals surface area contributed by atoms with Crippen molar-refractivity contribution in [2.75, 3.05) is 13.4 Å². The Morgan fingerprint density at radius 3 is 3.07 bits per heavy atom. The van der Waals surface area contributed by atoms with Crippen molar-refractivity contribution >= 4 is 18.6 Å². The maximum absolute atomic E-state index is 12.1. The van der Waals surface area contributed by atoms with E-state index in [1.807, 2.05) is 0 Å². The van der Waals surface area contributed by atoms with Crippen molar-refractivity contribution in [2.45, 2.75) is 13.0 Å². The van der Waals surface area contributed by atoms with Crippen LogP contribution in [0.3, 0.4) is 0 Å². The molecule has 82 valence electrons. The van der Waals surface area contributed by atoms with Gasteiger partial charge in [-0.3, -0.25) is 9.89 Å². The van der Waals surface area contributed by atoms with Gasteiger partial charge in [0.25, 0.3) is 0 Å². The van der Waals surface area contributed by atoms with Crippen LogP contribution < -0.4 is 0 Å². The minimum atomic E-state index is -0.896. The van der Waals surface area contributed by atoms with Crippen LogP contribution in [0.4, 0.5) is 9.18 Å². The summed E-state index contributed by atoms with van der Waals surface area (Å²) in [6, 6.07) is -0.155. The number of hydrogen-bond donors (Lipinski definition) is 0. The van der Waals surface area contributed by atoms with E-state index in [1.54, 1.807) is 6.92 Å². The highest BCUT2D eigenvalue weighted by Gasteiger charge is 2.32. The molecule has 1 aliphatic rings. The predicted octanol–water partition coefficient (Wildman–Crippen LogP) is 1.37. The van der Waals surface area contributed by atoms with E-state index in [0.29, 0.717) is 0 Å². The Kier molecular flexibility index (Phi) is 3.96. The molecule has 6 heteroatoms. The smallest absolute Gasteiger partial charge is 0.415 e. The summed E-state index contributed by atoms with van der Waals surface area (Å²) in [5, 5.41) is 0. The molecule has 0 spiro atoms. The molecule has 1 heterocycles. The molecule has 1 aliphatic heterocycles. The number of cyclic esters (lactones) is 1. The molecule has 1 saturated heterocycles. The van der Waals surface area contributed by atoms with E-state index in [4.69, 9.17) is 4.74 Å². The highest BCUT2D eigenvalue weighted by Crippen LogP contribution is 2.13. The van der Waals surface area contributed by atoms with E-state index in [9.17, 15) is 9.18 Å². The SMILES string of the molecule is C=N/C=C\C(=N/CF)N1C(=O)OCC1C. The van der Waals surface area contributed by atoms with Gasteiger partial charge in [0.2, 0.25) is 0 Å². The van der Waals surface area contributed by atoms with Crippen LogP contribution in [0.15, 0.2) is 22.3 Å². The summed E-state index contributed by atoms with van der Waals surface area (Å²) in [5.41, 5.74) is 0. The number of halogens is 1. The van der Waals surface area contributed by atoms with Crippen molar-refractivity contribution in [3.05, 3.63) is 12.3 Å². The molecule has 1 rings (SSSR count). The van der Waals surface area contributed by atoms with Gasteiger partial charge in [-0.1, -0.05) is 0 Å². The standard InChI is InChI=1S/C9H12FN3O2/c1-7-5-15-9(14)13(7)8(12-6-10)3-4-11-2/h3-4,7H,2,5-6H2,1H3/b4-3-,12-8+. The van der Waals surface area contributed by atoms with Gasteiger partial charge in [-0.2, -0.15) is 0 Å². The van der Waals surface area contributed by atoms with E-state index in [2.05, 4.69) is 16.7 Å². The molecular weight excluding hydrogens is 201 g/mol. The van der Waals surface area contributed by atoms with Crippen LogP contribution >= 0.6 is 0 Å². The second-order valence-electron chi connectivity index (χ2n) is 2.93. The first kappa shape index (κ1) is 11.4. The van der Waals surface area contributed by atoms with E-state index >= 15 is 0 Å². The first-order valence-corrected chi connectivity index (χ1v) is 4.39. The predicted molar refractivity (Wildman–Crippen MR) is 54.7 cm³/mol. The van der Waals surface area contributed by atoms with Gasteiger partial charge >= 0.3 is 6.09 Å². The van der Waals surface area contributed by atoms with Crippen molar-refractivity contribution in [1.82, 2.24) is 4.90 Å². The minimum Gasteiger partial charge on any atom is -0.447 e. The summed E-state index contributed by atoms with van der Waals surface area (Å²) in [5.74, 6) is 0.194. The third-order valence-electron chi connectivity index (χ3n) is 1.88. The molecular formula is C9H12FN3O2. The lowest BCUT2D eigenvalue weighted by Gasteiger charge is -2.16. The Morgan fingerprint density at radius 1 is 1.87 bits per heavy atom. The summed E-state index contributed by atoms with van der Waals surface area (Å²) >= 11 is 0. The Morgan fingerprint density at radius 2 is 2.60 bits per heavy atom. The molecule has 0 aromatic heterocycles. The topological polar surface area (TPSA) is 54.3 Å². The number of amidine groups is 1. The molecule has 0 aromatic carbocycles. The van der Waals surface area contributed by atoms with Crippen molar-refractivity contribution < 1.29 is 13.9 Å². The van der Waals surface area contributed by atoms with Crippen LogP contribution in [0.5, 0.6) is 0 Å². The molecule has 1 unspecified atom stereocenters. The average molecular weight is 213 g/mol. The van der Waals surface area contributed by atoms with Gasteiger partial charge in [-0.15, -0.1) is 0 Å². The van der Waals surface area contributed by atoms with Crippen molar-refractivity contribution in [2.24, 2.45) is 9.98 Å². The van der Waals surface area contributed by atoms with E-state index < -0.39 is 12.9 Å². The summed E-state index contributed by atoms with van der Waals surface area (Å²) in [4.78, 5) is 19.6. The molecule has 0 N–H and O–H groups in total. The molecule has 0 saturated carbocycles. The van der Waals surface area contributed by atoms with E-state index in [1.165, 1.54) is 17.2 Å². The van der Waals surface area contributed by atoms with Crippen molar-refractivity contribution in [3.63, 3.8) is 0 Å². The second kappa shape index (κ2) is 5.23. The Hall–Kier alpha value is -1.72. The van der Waals surface area contributed by atoms with Crippen LogP contribution in [0.2, 0.25) is 0 Å². The zero-order chi connectivity index (χ0) is 11.3. The van der Waals surface area contributed by atoms with E-state index in [-0.39, 0.29) is 18.5 Å². The summed E-state index contributed by atoms with van der Waals surface area (Å²) in [6.45, 7) is 4.40. The largest absolute Gasteiger partial charge is 0.447 e. The molecule has 0 radical (unpaired) electrons. The molecule has 0 aromatic rings. The van der Waals surface area contributed by atoms with Gasteiger partial charge in [0.05, 0.1) is 6.04 Å². The Labute approximate surface area is 87.0 Å². The van der Waals surface area contributed by atoms with Gasteiger partial charge in [0, 0.05) is 6.20 Å².